The third-order valence-electron chi connectivity index (χ3n) is 3.13. The summed E-state index contributed by atoms with van der Waals surface area (Å²) < 4.78 is 0. The van der Waals surface area contributed by atoms with E-state index in [9.17, 15) is 0 Å². The highest BCUT2D eigenvalue weighted by molar-refractivity contribution is 6.51. The van der Waals surface area contributed by atoms with Crippen LogP contribution in [0.15, 0.2) is 27.9 Å². The Kier molecular flexibility index (Phi) is 3.40. The van der Waals surface area contributed by atoms with Crippen molar-refractivity contribution >= 4 is 46.4 Å². The van der Waals surface area contributed by atoms with Crippen LogP contribution in [0, 0.1) is 5.92 Å². The van der Waals surface area contributed by atoms with E-state index in [1.54, 1.807) is 6.08 Å². The van der Waals surface area contributed by atoms with Crippen molar-refractivity contribution in [3.05, 3.63) is 27.9 Å². The standard InChI is InChI=1S/C11H10Cl4O/c12-8-9(13)11(15)6-10(8,14)5-7(11)3-1-2-4-16/h2-3,7,16H,4-6H2. The van der Waals surface area contributed by atoms with Crippen molar-refractivity contribution in [3.63, 3.8) is 0 Å². The second kappa shape index (κ2) is 4.24. The molecule has 1 nitrogen and oxygen atoms in total. The van der Waals surface area contributed by atoms with E-state index in [4.69, 9.17) is 51.5 Å². The maximum Gasteiger partial charge on any atom is 0.0902 e. The molecule has 0 amide bonds. The lowest BCUT2D eigenvalue weighted by atomic mass is 9.92. The van der Waals surface area contributed by atoms with Gasteiger partial charge in [0.15, 0.2) is 0 Å². The average molecular weight is 300 g/mol. The zero-order chi connectivity index (χ0) is 12.0. The van der Waals surface area contributed by atoms with E-state index in [0.717, 1.165) is 0 Å². The molecule has 5 heteroatoms. The molecule has 2 rings (SSSR count). The Morgan fingerprint density at radius 1 is 1.38 bits per heavy atom. The molecule has 0 aromatic heterocycles. The van der Waals surface area contributed by atoms with Crippen LogP contribution in [0.2, 0.25) is 0 Å². The second-order valence-electron chi connectivity index (χ2n) is 4.16. The molecule has 0 aromatic rings. The van der Waals surface area contributed by atoms with Gasteiger partial charge in [0.05, 0.1) is 26.4 Å². The van der Waals surface area contributed by atoms with Crippen LogP contribution in [-0.2, 0) is 0 Å². The van der Waals surface area contributed by atoms with Gasteiger partial charge in [-0.3, -0.25) is 0 Å². The monoisotopic (exact) mass is 298 g/mol. The molecule has 2 aliphatic rings. The minimum Gasteiger partial charge on any atom is -0.392 e. The molecule has 1 fully saturated rings. The molecule has 0 aromatic carbocycles. The van der Waals surface area contributed by atoms with E-state index in [2.05, 4.69) is 5.73 Å². The van der Waals surface area contributed by atoms with E-state index in [1.165, 1.54) is 6.08 Å². The summed E-state index contributed by atoms with van der Waals surface area (Å²) in [5.41, 5.74) is 2.87. The van der Waals surface area contributed by atoms with Gasteiger partial charge in [-0.25, -0.2) is 0 Å². The van der Waals surface area contributed by atoms with E-state index < -0.39 is 9.75 Å². The van der Waals surface area contributed by atoms with Gasteiger partial charge in [-0.1, -0.05) is 23.2 Å². The van der Waals surface area contributed by atoms with Crippen molar-refractivity contribution < 1.29 is 5.11 Å². The zero-order valence-electron chi connectivity index (χ0n) is 8.31. The third-order valence-corrected chi connectivity index (χ3v) is 5.57. The Hall–Kier alpha value is 0.380. The fraction of sp³-hybridized carbons (Fsp3) is 0.545. The number of halogens is 4. The zero-order valence-corrected chi connectivity index (χ0v) is 11.3. The SMILES string of the molecule is OCC=C=CC1CC2(Cl)CC1(Cl)C(Cl)=C2Cl. The molecule has 1 saturated carbocycles. The molecule has 0 radical (unpaired) electrons. The van der Waals surface area contributed by atoms with Gasteiger partial charge in [-0.05, 0) is 25.0 Å². The molecule has 16 heavy (non-hydrogen) atoms. The summed E-state index contributed by atoms with van der Waals surface area (Å²) in [5.74, 6) is 0.00414. The Balaban J connectivity index is 2.34. The summed E-state index contributed by atoms with van der Waals surface area (Å²) in [6.45, 7) is -0.0468. The third kappa shape index (κ3) is 1.75. The van der Waals surface area contributed by atoms with Crippen LogP contribution in [0.5, 0.6) is 0 Å². The van der Waals surface area contributed by atoms with E-state index in [-0.39, 0.29) is 12.5 Å². The molecule has 88 valence electrons. The average Bonchev–Trinajstić information content (AvgIpc) is 2.58. The number of allylic oxidation sites excluding steroid dienone is 2. The van der Waals surface area contributed by atoms with Crippen LogP contribution in [0.25, 0.3) is 0 Å². The highest BCUT2D eigenvalue weighted by atomic mass is 35.5. The lowest BCUT2D eigenvalue weighted by Crippen LogP contribution is -2.26. The Morgan fingerprint density at radius 2 is 2.06 bits per heavy atom. The predicted octanol–water partition coefficient (Wildman–Crippen LogP) is 3.76. The van der Waals surface area contributed by atoms with Crippen molar-refractivity contribution in [1.29, 1.82) is 0 Å². The summed E-state index contributed by atoms with van der Waals surface area (Å²) in [4.78, 5) is -1.32. The smallest absolute Gasteiger partial charge is 0.0902 e. The van der Waals surface area contributed by atoms with Crippen LogP contribution >= 0.6 is 46.4 Å². The number of alkyl halides is 2. The number of hydrogen-bond acceptors (Lipinski definition) is 1. The first-order valence-corrected chi connectivity index (χ1v) is 6.41. The van der Waals surface area contributed by atoms with Gasteiger partial charge in [0.2, 0.25) is 0 Å². The number of fused-ring (bicyclic) bond motifs is 2. The molecule has 2 bridgehead atoms. The van der Waals surface area contributed by atoms with Gasteiger partial charge >= 0.3 is 0 Å². The fourth-order valence-electron chi connectivity index (χ4n) is 2.34. The summed E-state index contributed by atoms with van der Waals surface area (Å²) in [6.07, 6.45) is 4.52. The molecular weight excluding hydrogens is 290 g/mol. The Bertz CT molecular complexity index is 410. The minimum atomic E-state index is -0.698. The second-order valence-corrected chi connectivity index (χ2v) is 6.32. The number of hydrogen-bond donors (Lipinski definition) is 1. The van der Waals surface area contributed by atoms with Crippen LogP contribution in [0.1, 0.15) is 12.8 Å². The maximum atomic E-state index is 8.63. The minimum absolute atomic E-state index is 0.00414. The van der Waals surface area contributed by atoms with Crippen molar-refractivity contribution in [1.82, 2.24) is 0 Å². The highest BCUT2D eigenvalue weighted by Gasteiger charge is 2.62. The highest BCUT2D eigenvalue weighted by Crippen LogP contribution is 2.65. The van der Waals surface area contributed by atoms with E-state index in [1.807, 2.05) is 0 Å². The van der Waals surface area contributed by atoms with Gasteiger partial charge in [0.1, 0.15) is 0 Å². The first-order chi connectivity index (χ1) is 7.44. The van der Waals surface area contributed by atoms with Crippen molar-refractivity contribution in [2.24, 2.45) is 5.92 Å². The maximum absolute atomic E-state index is 8.63. The van der Waals surface area contributed by atoms with Crippen LogP contribution in [0.3, 0.4) is 0 Å². The van der Waals surface area contributed by atoms with E-state index >= 15 is 0 Å². The Morgan fingerprint density at radius 3 is 2.56 bits per heavy atom. The number of aliphatic hydroxyl groups excluding tert-OH is 1. The molecule has 2 aliphatic carbocycles. The topological polar surface area (TPSA) is 20.2 Å². The largest absolute Gasteiger partial charge is 0.392 e. The van der Waals surface area contributed by atoms with Crippen molar-refractivity contribution in [2.45, 2.75) is 22.6 Å². The van der Waals surface area contributed by atoms with Gasteiger partial charge < -0.3 is 5.11 Å². The summed E-state index contributed by atoms with van der Waals surface area (Å²) >= 11 is 25.0. The molecule has 0 aliphatic heterocycles. The molecule has 0 spiro atoms. The lowest BCUT2D eigenvalue weighted by molar-refractivity contribution is 0.343. The molecule has 0 saturated heterocycles. The molecular formula is C11H10Cl4O. The number of aliphatic hydroxyl groups is 1. The van der Waals surface area contributed by atoms with Crippen LogP contribution in [-0.4, -0.2) is 21.5 Å². The van der Waals surface area contributed by atoms with Crippen LogP contribution < -0.4 is 0 Å². The first kappa shape index (κ1) is 12.8. The molecule has 3 unspecified atom stereocenters. The summed E-state index contributed by atoms with van der Waals surface area (Å²) in [7, 11) is 0. The normalized spacial score (nSPS) is 41.2. The quantitative estimate of drug-likeness (QED) is 0.608. The fourth-order valence-corrected chi connectivity index (χ4v) is 4.14. The number of rotatable bonds is 2. The van der Waals surface area contributed by atoms with Gasteiger partial charge in [0, 0.05) is 5.92 Å². The molecule has 1 N–H and O–H groups in total. The Labute approximate surface area is 114 Å². The molecule has 0 heterocycles. The first-order valence-electron chi connectivity index (χ1n) is 4.90. The van der Waals surface area contributed by atoms with Crippen molar-refractivity contribution in [3.8, 4) is 0 Å². The van der Waals surface area contributed by atoms with Crippen LogP contribution in [0.4, 0.5) is 0 Å². The summed E-state index contributed by atoms with van der Waals surface area (Å²) in [6, 6.07) is 0. The molecule has 3 atom stereocenters. The van der Waals surface area contributed by atoms with Gasteiger partial charge in [0.25, 0.3) is 0 Å². The van der Waals surface area contributed by atoms with Crippen molar-refractivity contribution in [2.75, 3.05) is 6.61 Å². The van der Waals surface area contributed by atoms with Gasteiger partial charge in [-0.2, -0.15) is 0 Å². The predicted molar refractivity (Wildman–Crippen MR) is 68.4 cm³/mol. The lowest BCUT2D eigenvalue weighted by Gasteiger charge is -2.27. The van der Waals surface area contributed by atoms with Gasteiger partial charge in [-0.15, -0.1) is 28.9 Å². The summed E-state index contributed by atoms with van der Waals surface area (Å²) in [5, 5.41) is 9.55. The van der Waals surface area contributed by atoms with E-state index in [0.29, 0.717) is 22.9 Å².